The van der Waals surface area contributed by atoms with Crippen LogP contribution in [0.15, 0.2) is 46.9 Å². The van der Waals surface area contributed by atoms with Crippen molar-refractivity contribution in [3.63, 3.8) is 0 Å². The maximum atomic E-state index is 14.0. The van der Waals surface area contributed by atoms with Gasteiger partial charge in [-0.2, -0.15) is 0 Å². The fraction of sp³-hybridized carbons (Fsp3) is 0.125. The standard InChI is InChI=1S/C16H13BrFN3O2/c17-10-6-5-9(11(18)8-10)7-14(21-16(22)23)15-19-12-3-1-2-4-13(12)20-15/h1-6,8,14,21H,7H2,(H,19,20)(H,22,23). The zero-order chi connectivity index (χ0) is 16.4. The molecule has 0 saturated heterocycles. The number of benzene rings is 2. The van der Waals surface area contributed by atoms with Crippen molar-refractivity contribution in [3.8, 4) is 0 Å². The van der Waals surface area contributed by atoms with E-state index in [4.69, 9.17) is 5.11 Å². The van der Waals surface area contributed by atoms with Crippen LogP contribution in [0.1, 0.15) is 17.4 Å². The summed E-state index contributed by atoms with van der Waals surface area (Å²) in [5.74, 6) is 0.0589. The maximum absolute atomic E-state index is 14.0. The minimum absolute atomic E-state index is 0.158. The third-order valence-electron chi connectivity index (χ3n) is 3.47. The molecule has 1 aromatic heterocycles. The number of rotatable bonds is 4. The lowest BCUT2D eigenvalue weighted by Crippen LogP contribution is -2.29. The number of carbonyl (C=O) groups is 1. The second-order valence-corrected chi connectivity index (χ2v) is 6.00. The van der Waals surface area contributed by atoms with Crippen molar-refractivity contribution >= 4 is 33.1 Å². The molecule has 0 aliphatic rings. The number of nitrogens with one attached hydrogen (secondary N) is 2. The summed E-state index contributed by atoms with van der Waals surface area (Å²) in [5, 5.41) is 11.4. The number of aromatic amines is 1. The summed E-state index contributed by atoms with van der Waals surface area (Å²) in [5.41, 5.74) is 1.94. The Morgan fingerprint density at radius 3 is 2.83 bits per heavy atom. The number of para-hydroxylation sites is 2. The summed E-state index contributed by atoms with van der Waals surface area (Å²) in [6, 6.07) is 11.4. The Bertz CT molecular complexity index is 832. The Balaban J connectivity index is 1.95. The highest BCUT2D eigenvalue weighted by atomic mass is 79.9. The summed E-state index contributed by atoms with van der Waals surface area (Å²) >= 11 is 3.20. The summed E-state index contributed by atoms with van der Waals surface area (Å²) in [6.07, 6.45) is -1.03. The maximum Gasteiger partial charge on any atom is 0.405 e. The first-order valence-electron chi connectivity index (χ1n) is 6.91. The van der Waals surface area contributed by atoms with Crippen LogP contribution in [-0.2, 0) is 6.42 Å². The highest BCUT2D eigenvalue weighted by Crippen LogP contribution is 2.23. The van der Waals surface area contributed by atoms with E-state index >= 15 is 0 Å². The number of imidazole rings is 1. The van der Waals surface area contributed by atoms with Gasteiger partial charge in [-0.3, -0.25) is 0 Å². The molecule has 0 radical (unpaired) electrons. The average molecular weight is 378 g/mol. The van der Waals surface area contributed by atoms with Crippen molar-refractivity contribution in [2.75, 3.05) is 0 Å². The zero-order valence-electron chi connectivity index (χ0n) is 11.9. The van der Waals surface area contributed by atoms with Gasteiger partial charge in [-0.25, -0.2) is 14.2 Å². The van der Waals surface area contributed by atoms with E-state index in [1.54, 1.807) is 12.1 Å². The number of hydrogen-bond acceptors (Lipinski definition) is 2. The number of aromatic nitrogens is 2. The Morgan fingerprint density at radius 2 is 2.13 bits per heavy atom. The number of halogens is 2. The molecule has 3 N–H and O–H groups in total. The van der Waals surface area contributed by atoms with Gasteiger partial charge in [-0.15, -0.1) is 0 Å². The van der Waals surface area contributed by atoms with Gasteiger partial charge in [0.2, 0.25) is 0 Å². The molecule has 0 spiro atoms. The molecule has 1 amide bonds. The van der Waals surface area contributed by atoms with Gasteiger partial charge in [0.05, 0.1) is 17.1 Å². The Labute approximate surface area is 139 Å². The van der Waals surface area contributed by atoms with Crippen LogP contribution in [0.2, 0.25) is 0 Å². The van der Waals surface area contributed by atoms with Crippen LogP contribution in [0.4, 0.5) is 9.18 Å². The molecule has 118 valence electrons. The zero-order valence-corrected chi connectivity index (χ0v) is 13.5. The normalized spacial score (nSPS) is 12.3. The van der Waals surface area contributed by atoms with Crippen molar-refractivity contribution in [1.82, 2.24) is 15.3 Å². The highest BCUT2D eigenvalue weighted by Gasteiger charge is 2.20. The van der Waals surface area contributed by atoms with Gasteiger partial charge in [0, 0.05) is 10.9 Å². The smallest absolute Gasteiger partial charge is 0.405 e. The lowest BCUT2D eigenvalue weighted by Gasteiger charge is -2.15. The first kappa shape index (κ1) is 15.5. The van der Waals surface area contributed by atoms with Crippen LogP contribution in [-0.4, -0.2) is 21.2 Å². The minimum atomic E-state index is -1.19. The SMILES string of the molecule is O=C(O)NC(Cc1ccc(Br)cc1F)c1nc2ccccc2[nH]1. The largest absolute Gasteiger partial charge is 0.465 e. The van der Waals surface area contributed by atoms with Crippen molar-refractivity contribution in [2.24, 2.45) is 0 Å². The fourth-order valence-electron chi connectivity index (χ4n) is 2.41. The van der Waals surface area contributed by atoms with Gasteiger partial charge in [0.25, 0.3) is 0 Å². The number of carboxylic acid groups (broad SMARTS) is 1. The number of fused-ring (bicyclic) bond motifs is 1. The molecule has 23 heavy (non-hydrogen) atoms. The van der Waals surface area contributed by atoms with Crippen LogP contribution < -0.4 is 5.32 Å². The quantitative estimate of drug-likeness (QED) is 0.642. The lowest BCUT2D eigenvalue weighted by molar-refractivity contribution is 0.189. The van der Waals surface area contributed by atoms with Crippen LogP contribution in [0.5, 0.6) is 0 Å². The fourth-order valence-corrected chi connectivity index (χ4v) is 2.74. The van der Waals surface area contributed by atoms with Gasteiger partial charge in [0.1, 0.15) is 11.6 Å². The van der Waals surface area contributed by atoms with E-state index in [9.17, 15) is 9.18 Å². The molecule has 0 fully saturated rings. The van der Waals surface area contributed by atoms with E-state index in [0.717, 1.165) is 11.0 Å². The molecule has 3 aromatic rings. The van der Waals surface area contributed by atoms with Gasteiger partial charge in [-0.05, 0) is 29.8 Å². The highest BCUT2D eigenvalue weighted by molar-refractivity contribution is 9.10. The second kappa shape index (κ2) is 6.37. The van der Waals surface area contributed by atoms with Gasteiger partial charge in [-0.1, -0.05) is 34.1 Å². The molecule has 3 rings (SSSR count). The molecule has 7 heteroatoms. The van der Waals surface area contributed by atoms with Gasteiger partial charge in [0.15, 0.2) is 0 Å². The monoisotopic (exact) mass is 377 g/mol. The summed E-state index contributed by atoms with van der Waals surface area (Å²) in [4.78, 5) is 18.6. The van der Waals surface area contributed by atoms with Gasteiger partial charge < -0.3 is 15.4 Å². The second-order valence-electron chi connectivity index (χ2n) is 5.08. The van der Waals surface area contributed by atoms with Crippen molar-refractivity contribution in [1.29, 1.82) is 0 Å². The molecule has 0 saturated carbocycles. The van der Waals surface area contributed by atoms with E-state index in [1.165, 1.54) is 6.07 Å². The van der Waals surface area contributed by atoms with Crippen molar-refractivity contribution in [2.45, 2.75) is 12.5 Å². The van der Waals surface area contributed by atoms with E-state index in [2.05, 4.69) is 31.2 Å². The Morgan fingerprint density at radius 1 is 1.35 bits per heavy atom. The Hall–Kier alpha value is -2.41. The summed E-state index contributed by atoms with van der Waals surface area (Å²) < 4.78 is 14.7. The van der Waals surface area contributed by atoms with Crippen LogP contribution >= 0.6 is 15.9 Å². The average Bonchev–Trinajstić information content (AvgIpc) is 2.92. The van der Waals surface area contributed by atoms with Crippen molar-refractivity contribution in [3.05, 3.63) is 64.1 Å². The first-order chi connectivity index (χ1) is 11.0. The third-order valence-corrected chi connectivity index (χ3v) is 3.97. The molecular weight excluding hydrogens is 365 g/mol. The van der Waals surface area contributed by atoms with Crippen LogP contribution in [0, 0.1) is 5.82 Å². The number of H-pyrrole nitrogens is 1. The summed E-state index contributed by atoms with van der Waals surface area (Å²) in [6.45, 7) is 0. The van der Waals surface area contributed by atoms with E-state index in [1.807, 2.05) is 24.3 Å². The molecule has 0 aliphatic carbocycles. The van der Waals surface area contributed by atoms with Crippen molar-refractivity contribution < 1.29 is 14.3 Å². The van der Waals surface area contributed by atoms with E-state index in [0.29, 0.717) is 15.9 Å². The predicted octanol–water partition coefficient (Wildman–Crippen LogP) is 4.02. The molecule has 1 atom stereocenters. The Kier molecular flexibility index (Phi) is 4.29. The number of amides is 1. The number of hydrogen-bond donors (Lipinski definition) is 3. The first-order valence-corrected chi connectivity index (χ1v) is 7.70. The molecule has 5 nitrogen and oxygen atoms in total. The molecule has 1 unspecified atom stereocenters. The molecule has 0 bridgehead atoms. The van der Waals surface area contributed by atoms with E-state index < -0.39 is 18.0 Å². The van der Waals surface area contributed by atoms with E-state index in [-0.39, 0.29) is 6.42 Å². The third kappa shape index (κ3) is 3.50. The summed E-state index contributed by atoms with van der Waals surface area (Å²) in [7, 11) is 0. The molecule has 1 heterocycles. The predicted molar refractivity (Wildman–Crippen MR) is 87.8 cm³/mol. The molecule has 0 aliphatic heterocycles. The van der Waals surface area contributed by atoms with Gasteiger partial charge >= 0.3 is 6.09 Å². The molecule has 2 aromatic carbocycles. The van der Waals surface area contributed by atoms with Crippen LogP contribution in [0.25, 0.3) is 11.0 Å². The topological polar surface area (TPSA) is 78.0 Å². The molecular formula is C16H13BrFN3O2. The lowest BCUT2D eigenvalue weighted by atomic mass is 10.0. The van der Waals surface area contributed by atoms with Crippen LogP contribution in [0.3, 0.4) is 0 Å². The number of nitrogens with zero attached hydrogens (tertiary/aromatic N) is 1. The minimum Gasteiger partial charge on any atom is -0.465 e.